The molecule has 0 spiro atoms. The first-order valence-electron chi connectivity index (χ1n) is 8.03. The number of carbonyl (C=O) groups is 3. The van der Waals surface area contributed by atoms with E-state index in [9.17, 15) is 14.4 Å². The van der Waals surface area contributed by atoms with Gasteiger partial charge in [0.05, 0.1) is 19.8 Å². The largest absolute Gasteiger partial charge is 0.493 e. The van der Waals surface area contributed by atoms with Crippen LogP contribution in [0.4, 0.5) is 0 Å². The molecular formula is C17H21NO8. The lowest BCUT2D eigenvalue weighted by Gasteiger charge is -2.21. The van der Waals surface area contributed by atoms with Crippen LogP contribution in [-0.4, -0.2) is 58.4 Å². The Morgan fingerprint density at radius 3 is 2.65 bits per heavy atom. The standard InChI is InChI=1S/C17H21NO8/c1-22-12-8-11(9-13-16(12)25-7-6-24-13)17(21)26-10-14(19)18-5-3-4-15(20)23-2/h8-9H,3-7,10H2,1-2H3,(H,18,19). The van der Waals surface area contributed by atoms with Crippen LogP contribution in [0.3, 0.4) is 0 Å². The maximum absolute atomic E-state index is 12.1. The minimum absolute atomic E-state index is 0.185. The Hall–Kier alpha value is -2.97. The molecular weight excluding hydrogens is 346 g/mol. The predicted molar refractivity (Wildman–Crippen MR) is 88.5 cm³/mol. The molecule has 0 saturated heterocycles. The zero-order chi connectivity index (χ0) is 18.9. The maximum atomic E-state index is 12.1. The van der Waals surface area contributed by atoms with Gasteiger partial charge < -0.3 is 29.0 Å². The van der Waals surface area contributed by atoms with Crippen LogP contribution in [0.15, 0.2) is 12.1 Å². The highest BCUT2D eigenvalue weighted by Crippen LogP contribution is 2.40. The van der Waals surface area contributed by atoms with E-state index in [1.807, 2.05) is 0 Å². The van der Waals surface area contributed by atoms with Crippen molar-refractivity contribution in [3.63, 3.8) is 0 Å². The fraction of sp³-hybridized carbons (Fsp3) is 0.471. The Kier molecular flexibility index (Phi) is 7.07. The summed E-state index contributed by atoms with van der Waals surface area (Å²) in [7, 11) is 2.75. The van der Waals surface area contributed by atoms with E-state index in [0.29, 0.717) is 36.9 Å². The summed E-state index contributed by atoms with van der Waals surface area (Å²) >= 11 is 0. The molecule has 1 heterocycles. The zero-order valence-corrected chi connectivity index (χ0v) is 14.7. The summed E-state index contributed by atoms with van der Waals surface area (Å²) in [5.41, 5.74) is 0.185. The Morgan fingerprint density at radius 1 is 1.15 bits per heavy atom. The van der Waals surface area contributed by atoms with E-state index >= 15 is 0 Å². The monoisotopic (exact) mass is 367 g/mol. The van der Waals surface area contributed by atoms with E-state index in [-0.39, 0.29) is 24.5 Å². The van der Waals surface area contributed by atoms with Gasteiger partial charge in [0.1, 0.15) is 13.2 Å². The van der Waals surface area contributed by atoms with E-state index < -0.39 is 18.5 Å². The number of carbonyl (C=O) groups excluding carboxylic acids is 3. The minimum Gasteiger partial charge on any atom is -0.493 e. The first-order valence-corrected chi connectivity index (χ1v) is 8.03. The van der Waals surface area contributed by atoms with Gasteiger partial charge in [-0.2, -0.15) is 0 Å². The van der Waals surface area contributed by atoms with Crippen molar-refractivity contribution in [3.8, 4) is 17.2 Å². The molecule has 2 rings (SSSR count). The van der Waals surface area contributed by atoms with Crippen molar-refractivity contribution >= 4 is 17.8 Å². The third kappa shape index (κ3) is 5.27. The van der Waals surface area contributed by atoms with Crippen molar-refractivity contribution < 1.29 is 38.1 Å². The average molecular weight is 367 g/mol. The number of fused-ring (bicyclic) bond motifs is 1. The molecule has 1 aliphatic heterocycles. The van der Waals surface area contributed by atoms with Crippen LogP contribution >= 0.6 is 0 Å². The molecule has 26 heavy (non-hydrogen) atoms. The van der Waals surface area contributed by atoms with Crippen molar-refractivity contribution in [1.29, 1.82) is 0 Å². The van der Waals surface area contributed by atoms with Gasteiger partial charge in [0.25, 0.3) is 5.91 Å². The highest BCUT2D eigenvalue weighted by Gasteiger charge is 2.22. The van der Waals surface area contributed by atoms with Gasteiger partial charge in [-0.25, -0.2) is 4.79 Å². The van der Waals surface area contributed by atoms with Crippen LogP contribution in [0, 0.1) is 0 Å². The molecule has 0 saturated carbocycles. The molecule has 0 bridgehead atoms. The van der Waals surface area contributed by atoms with E-state index in [0.717, 1.165) is 0 Å². The van der Waals surface area contributed by atoms with Crippen molar-refractivity contribution in [2.75, 3.05) is 40.6 Å². The summed E-state index contributed by atoms with van der Waals surface area (Å²) in [5, 5.41) is 2.55. The first kappa shape index (κ1) is 19.4. The highest BCUT2D eigenvalue weighted by molar-refractivity contribution is 5.92. The topological polar surface area (TPSA) is 109 Å². The molecule has 142 valence electrons. The van der Waals surface area contributed by atoms with E-state index in [1.165, 1.54) is 26.4 Å². The zero-order valence-electron chi connectivity index (χ0n) is 14.7. The lowest BCUT2D eigenvalue weighted by Crippen LogP contribution is -2.30. The molecule has 0 aromatic heterocycles. The number of ether oxygens (including phenoxy) is 5. The number of benzene rings is 1. The second-order valence-electron chi connectivity index (χ2n) is 5.31. The van der Waals surface area contributed by atoms with E-state index in [4.69, 9.17) is 18.9 Å². The van der Waals surface area contributed by atoms with Crippen molar-refractivity contribution in [2.45, 2.75) is 12.8 Å². The summed E-state index contributed by atoms with van der Waals surface area (Å²) in [6.45, 7) is 0.600. The van der Waals surface area contributed by atoms with Crippen LogP contribution in [0.1, 0.15) is 23.2 Å². The Morgan fingerprint density at radius 2 is 1.92 bits per heavy atom. The number of methoxy groups -OCH3 is 2. The molecule has 1 aromatic rings. The van der Waals surface area contributed by atoms with Gasteiger partial charge in [-0.1, -0.05) is 0 Å². The fourth-order valence-corrected chi connectivity index (χ4v) is 2.22. The van der Waals surface area contributed by atoms with Crippen LogP contribution < -0.4 is 19.5 Å². The molecule has 9 nitrogen and oxygen atoms in total. The molecule has 1 amide bonds. The summed E-state index contributed by atoms with van der Waals surface area (Å²) in [4.78, 5) is 34.8. The molecule has 1 aromatic carbocycles. The Balaban J connectivity index is 1.84. The number of rotatable bonds is 8. The normalized spacial score (nSPS) is 12.1. The average Bonchev–Trinajstić information content (AvgIpc) is 2.68. The molecule has 1 aliphatic rings. The second kappa shape index (κ2) is 9.50. The number of hydrogen-bond donors (Lipinski definition) is 1. The lowest BCUT2D eigenvalue weighted by atomic mass is 10.1. The molecule has 0 atom stereocenters. The van der Waals surface area contributed by atoms with Crippen LogP contribution in [-0.2, 0) is 19.1 Å². The predicted octanol–water partition coefficient (Wildman–Crippen LogP) is 0.693. The van der Waals surface area contributed by atoms with Gasteiger partial charge in [-0.3, -0.25) is 9.59 Å². The fourth-order valence-electron chi connectivity index (χ4n) is 2.22. The number of nitrogens with one attached hydrogen (secondary N) is 1. The maximum Gasteiger partial charge on any atom is 0.338 e. The van der Waals surface area contributed by atoms with Crippen molar-refractivity contribution in [2.24, 2.45) is 0 Å². The molecule has 0 fully saturated rings. The van der Waals surface area contributed by atoms with Gasteiger partial charge in [0, 0.05) is 13.0 Å². The molecule has 0 unspecified atom stereocenters. The Labute approximate surface area is 150 Å². The van der Waals surface area contributed by atoms with Crippen molar-refractivity contribution in [3.05, 3.63) is 17.7 Å². The summed E-state index contributed by atoms with van der Waals surface area (Å²) in [6, 6.07) is 2.94. The lowest BCUT2D eigenvalue weighted by molar-refractivity contribution is -0.140. The van der Waals surface area contributed by atoms with Crippen LogP contribution in [0.2, 0.25) is 0 Å². The summed E-state index contributed by atoms with van der Waals surface area (Å²) < 4.78 is 25.6. The smallest absolute Gasteiger partial charge is 0.338 e. The van der Waals surface area contributed by atoms with Gasteiger partial charge in [0.2, 0.25) is 5.75 Å². The van der Waals surface area contributed by atoms with Crippen LogP contribution in [0.25, 0.3) is 0 Å². The molecule has 0 radical (unpaired) electrons. The minimum atomic E-state index is -0.690. The number of esters is 2. The first-order chi connectivity index (χ1) is 12.5. The third-order valence-corrected chi connectivity index (χ3v) is 3.51. The summed E-state index contributed by atoms with van der Waals surface area (Å²) in [6.07, 6.45) is 0.638. The number of hydrogen-bond acceptors (Lipinski definition) is 8. The third-order valence-electron chi connectivity index (χ3n) is 3.51. The van der Waals surface area contributed by atoms with Crippen LogP contribution in [0.5, 0.6) is 17.2 Å². The van der Waals surface area contributed by atoms with E-state index in [2.05, 4.69) is 10.1 Å². The number of amides is 1. The molecule has 0 aliphatic carbocycles. The Bertz CT molecular complexity index is 656. The molecule has 9 heteroatoms. The SMILES string of the molecule is COC(=O)CCCNC(=O)COC(=O)c1cc(OC)c2c(c1)OCCO2. The van der Waals surface area contributed by atoms with Gasteiger partial charge in [-0.15, -0.1) is 0 Å². The highest BCUT2D eigenvalue weighted by atomic mass is 16.6. The van der Waals surface area contributed by atoms with Gasteiger partial charge >= 0.3 is 11.9 Å². The molecule has 1 N–H and O–H groups in total. The van der Waals surface area contributed by atoms with E-state index in [1.54, 1.807) is 0 Å². The van der Waals surface area contributed by atoms with Crippen molar-refractivity contribution in [1.82, 2.24) is 5.32 Å². The second-order valence-corrected chi connectivity index (χ2v) is 5.31. The van der Waals surface area contributed by atoms with Gasteiger partial charge in [0.15, 0.2) is 18.1 Å². The summed E-state index contributed by atoms with van der Waals surface area (Å²) in [5.74, 6) is -0.342. The van der Waals surface area contributed by atoms with Gasteiger partial charge in [-0.05, 0) is 18.6 Å². The quantitative estimate of drug-likeness (QED) is 0.528.